The van der Waals surface area contributed by atoms with Crippen molar-refractivity contribution in [2.24, 2.45) is 0 Å². The molecule has 2 heterocycles. The van der Waals surface area contributed by atoms with Crippen LogP contribution in [0.3, 0.4) is 0 Å². The molecule has 1 fully saturated rings. The van der Waals surface area contributed by atoms with Crippen LogP contribution in [-0.2, 0) is 11.3 Å². The number of piperidine rings is 1. The standard InChI is InChI=1S/C24H26N2O2/c1-17-9-8-10-18(2)26(17)23(27)16-25-15-21(20-13-6-7-14-22(20)25)24(28)19-11-4-3-5-12-19/h3-7,11-15,17-18H,8-10,16H2,1-2H3/t17-,18-/m1/s1. The average molecular weight is 374 g/mol. The Labute approximate surface area is 165 Å². The van der Waals surface area contributed by atoms with Crippen LogP contribution in [0, 0.1) is 0 Å². The summed E-state index contributed by atoms with van der Waals surface area (Å²) in [6, 6.07) is 17.7. The molecule has 0 aliphatic carbocycles. The fourth-order valence-corrected chi connectivity index (χ4v) is 4.44. The molecule has 1 aliphatic rings. The van der Waals surface area contributed by atoms with Gasteiger partial charge in [-0.3, -0.25) is 9.59 Å². The van der Waals surface area contributed by atoms with E-state index in [0.29, 0.717) is 11.1 Å². The monoisotopic (exact) mass is 374 g/mol. The Kier molecular flexibility index (Phi) is 5.03. The summed E-state index contributed by atoms with van der Waals surface area (Å²) < 4.78 is 1.93. The molecule has 1 aromatic heterocycles. The van der Waals surface area contributed by atoms with Crippen LogP contribution in [-0.4, -0.2) is 33.2 Å². The number of amides is 1. The van der Waals surface area contributed by atoms with Crippen molar-refractivity contribution >= 4 is 22.6 Å². The predicted molar refractivity (Wildman–Crippen MR) is 111 cm³/mol. The first kappa shape index (κ1) is 18.5. The molecular weight excluding hydrogens is 348 g/mol. The third kappa shape index (κ3) is 3.35. The highest BCUT2D eigenvalue weighted by atomic mass is 16.2. The highest BCUT2D eigenvalue weighted by Crippen LogP contribution is 2.26. The van der Waals surface area contributed by atoms with Crippen LogP contribution in [0.2, 0.25) is 0 Å². The topological polar surface area (TPSA) is 42.3 Å². The average Bonchev–Trinajstić information content (AvgIpc) is 3.06. The van der Waals surface area contributed by atoms with Gasteiger partial charge in [0.1, 0.15) is 6.54 Å². The van der Waals surface area contributed by atoms with Gasteiger partial charge >= 0.3 is 0 Å². The summed E-state index contributed by atoms with van der Waals surface area (Å²) in [4.78, 5) is 28.2. The first-order valence-corrected chi connectivity index (χ1v) is 10.0. The van der Waals surface area contributed by atoms with Crippen molar-refractivity contribution in [2.75, 3.05) is 0 Å². The molecule has 4 rings (SSSR count). The predicted octanol–water partition coefficient (Wildman–Crippen LogP) is 4.66. The minimum atomic E-state index is -0.0114. The van der Waals surface area contributed by atoms with Crippen molar-refractivity contribution in [1.29, 1.82) is 0 Å². The third-order valence-electron chi connectivity index (χ3n) is 5.86. The lowest BCUT2D eigenvalue weighted by Crippen LogP contribution is -2.48. The molecule has 1 amide bonds. The molecule has 4 heteroatoms. The van der Waals surface area contributed by atoms with E-state index < -0.39 is 0 Å². The zero-order valence-corrected chi connectivity index (χ0v) is 16.5. The largest absolute Gasteiger partial charge is 0.337 e. The Morgan fingerprint density at radius 3 is 2.29 bits per heavy atom. The van der Waals surface area contributed by atoms with Gasteiger partial charge in [-0.15, -0.1) is 0 Å². The second-order valence-corrected chi connectivity index (χ2v) is 7.81. The SMILES string of the molecule is C[C@@H]1CCC[C@@H](C)N1C(=O)Cn1cc(C(=O)c2ccccc2)c2ccccc21. The Balaban J connectivity index is 1.69. The molecule has 0 bridgehead atoms. The van der Waals surface area contributed by atoms with Crippen LogP contribution in [0.25, 0.3) is 10.9 Å². The van der Waals surface area contributed by atoms with Gasteiger partial charge in [0.2, 0.25) is 5.91 Å². The lowest BCUT2D eigenvalue weighted by atomic mass is 9.97. The Morgan fingerprint density at radius 1 is 0.929 bits per heavy atom. The van der Waals surface area contributed by atoms with Crippen molar-refractivity contribution < 1.29 is 9.59 Å². The van der Waals surface area contributed by atoms with Gasteiger partial charge in [-0.05, 0) is 39.2 Å². The van der Waals surface area contributed by atoms with Crippen molar-refractivity contribution in [1.82, 2.24) is 9.47 Å². The van der Waals surface area contributed by atoms with E-state index in [4.69, 9.17) is 0 Å². The van der Waals surface area contributed by atoms with E-state index in [2.05, 4.69) is 13.8 Å². The maximum absolute atomic E-state index is 13.1. The number of carbonyl (C=O) groups excluding carboxylic acids is 2. The van der Waals surface area contributed by atoms with Crippen LogP contribution >= 0.6 is 0 Å². The number of nitrogens with zero attached hydrogens (tertiary/aromatic N) is 2. The number of carbonyl (C=O) groups is 2. The molecular formula is C24H26N2O2. The number of hydrogen-bond donors (Lipinski definition) is 0. The molecule has 1 saturated heterocycles. The molecule has 2 aromatic carbocycles. The van der Waals surface area contributed by atoms with E-state index in [1.807, 2.05) is 70.3 Å². The maximum Gasteiger partial charge on any atom is 0.242 e. The number of para-hydroxylation sites is 1. The van der Waals surface area contributed by atoms with Gasteiger partial charge < -0.3 is 9.47 Å². The summed E-state index contributed by atoms with van der Waals surface area (Å²) in [5.41, 5.74) is 2.23. The zero-order valence-electron chi connectivity index (χ0n) is 16.5. The lowest BCUT2D eigenvalue weighted by molar-refractivity contribution is -0.137. The Bertz CT molecular complexity index is 996. The number of benzene rings is 2. The summed E-state index contributed by atoms with van der Waals surface area (Å²) in [7, 11) is 0. The van der Waals surface area contributed by atoms with Crippen LogP contribution in [0.5, 0.6) is 0 Å². The summed E-state index contributed by atoms with van der Waals surface area (Å²) in [5, 5.41) is 0.892. The fourth-order valence-electron chi connectivity index (χ4n) is 4.44. The molecule has 28 heavy (non-hydrogen) atoms. The summed E-state index contributed by atoms with van der Waals surface area (Å²) >= 11 is 0. The van der Waals surface area contributed by atoms with Gasteiger partial charge in [0.25, 0.3) is 0 Å². The van der Waals surface area contributed by atoms with E-state index in [9.17, 15) is 9.59 Å². The third-order valence-corrected chi connectivity index (χ3v) is 5.86. The number of ketones is 1. The highest BCUT2D eigenvalue weighted by molar-refractivity contribution is 6.16. The summed E-state index contributed by atoms with van der Waals surface area (Å²) in [5.74, 6) is 0.113. The second-order valence-electron chi connectivity index (χ2n) is 7.81. The lowest BCUT2D eigenvalue weighted by Gasteiger charge is -2.39. The number of likely N-dealkylation sites (tertiary alicyclic amines) is 1. The molecule has 0 N–H and O–H groups in total. The van der Waals surface area contributed by atoms with Gasteiger partial charge in [0, 0.05) is 40.3 Å². The molecule has 0 unspecified atom stereocenters. The van der Waals surface area contributed by atoms with Gasteiger partial charge in [-0.25, -0.2) is 0 Å². The first-order valence-electron chi connectivity index (χ1n) is 10.0. The van der Waals surface area contributed by atoms with Gasteiger partial charge in [0.05, 0.1) is 0 Å². The highest BCUT2D eigenvalue weighted by Gasteiger charge is 2.29. The Morgan fingerprint density at radius 2 is 1.57 bits per heavy atom. The summed E-state index contributed by atoms with van der Waals surface area (Å²) in [6.07, 6.45) is 5.13. The molecule has 0 radical (unpaired) electrons. The zero-order chi connectivity index (χ0) is 19.7. The second kappa shape index (κ2) is 7.63. The van der Waals surface area contributed by atoms with Gasteiger partial charge in [0.15, 0.2) is 5.78 Å². The molecule has 0 spiro atoms. The van der Waals surface area contributed by atoms with Crippen molar-refractivity contribution in [2.45, 2.75) is 51.7 Å². The quantitative estimate of drug-likeness (QED) is 0.623. The van der Waals surface area contributed by atoms with Crippen LogP contribution < -0.4 is 0 Å². The number of fused-ring (bicyclic) bond motifs is 1. The Hall–Kier alpha value is -2.88. The molecule has 1 aliphatic heterocycles. The first-order chi connectivity index (χ1) is 13.6. The normalized spacial score (nSPS) is 19.7. The van der Waals surface area contributed by atoms with Gasteiger partial charge in [-0.2, -0.15) is 0 Å². The minimum Gasteiger partial charge on any atom is -0.337 e. The molecule has 4 nitrogen and oxygen atoms in total. The van der Waals surface area contributed by atoms with Crippen molar-refractivity contribution in [3.8, 4) is 0 Å². The van der Waals surface area contributed by atoms with E-state index in [1.165, 1.54) is 6.42 Å². The maximum atomic E-state index is 13.1. The van der Waals surface area contributed by atoms with Crippen LogP contribution in [0.4, 0.5) is 0 Å². The molecule has 0 saturated carbocycles. The van der Waals surface area contributed by atoms with Crippen LogP contribution in [0.1, 0.15) is 49.0 Å². The number of hydrogen-bond acceptors (Lipinski definition) is 2. The van der Waals surface area contributed by atoms with Crippen molar-refractivity contribution in [3.63, 3.8) is 0 Å². The van der Waals surface area contributed by atoms with Gasteiger partial charge in [-0.1, -0.05) is 48.5 Å². The number of aromatic nitrogens is 1. The smallest absolute Gasteiger partial charge is 0.242 e. The van der Waals surface area contributed by atoms with E-state index in [0.717, 1.165) is 23.7 Å². The van der Waals surface area contributed by atoms with E-state index in [-0.39, 0.29) is 30.3 Å². The number of rotatable bonds is 4. The van der Waals surface area contributed by atoms with Crippen molar-refractivity contribution in [3.05, 3.63) is 71.9 Å². The fraction of sp³-hybridized carbons (Fsp3) is 0.333. The molecule has 144 valence electrons. The summed E-state index contributed by atoms with van der Waals surface area (Å²) in [6.45, 7) is 4.52. The molecule has 3 aromatic rings. The van der Waals surface area contributed by atoms with E-state index >= 15 is 0 Å². The van der Waals surface area contributed by atoms with E-state index in [1.54, 1.807) is 0 Å². The molecule has 2 atom stereocenters. The van der Waals surface area contributed by atoms with Crippen LogP contribution in [0.15, 0.2) is 60.8 Å². The minimum absolute atomic E-state index is 0.0114.